The lowest BCUT2D eigenvalue weighted by Crippen LogP contribution is -2.14. The maximum absolute atomic E-state index is 8.88. The van der Waals surface area contributed by atoms with Crippen molar-refractivity contribution in [1.29, 1.82) is 0 Å². The first kappa shape index (κ1) is 16.1. The molecule has 0 saturated carbocycles. The van der Waals surface area contributed by atoms with E-state index < -0.39 is 0 Å². The van der Waals surface area contributed by atoms with E-state index in [1.165, 1.54) is 5.56 Å². The van der Waals surface area contributed by atoms with Crippen LogP contribution in [0.5, 0.6) is 5.75 Å². The van der Waals surface area contributed by atoms with E-state index in [1.807, 2.05) is 24.3 Å². The van der Waals surface area contributed by atoms with Gasteiger partial charge in [-0.2, -0.15) is 11.3 Å². The number of thiophene rings is 1. The average Bonchev–Trinajstić information content (AvgIpc) is 3.25. The lowest BCUT2D eigenvalue weighted by Gasteiger charge is -2.10. The molecule has 0 aliphatic heterocycles. The molecule has 2 N–H and O–H groups in total. The number of hydrogen-bond donors (Lipinski definition) is 2. The van der Waals surface area contributed by atoms with Gasteiger partial charge >= 0.3 is 0 Å². The van der Waals surface area contributed by atoms with Crippen LogP contribution in [-0.4, -0.2) is 23.3 Å². The molecule has 0 fully saturated rings. The highest BCUT2D eigenvalue weighted by Crippen LogP contribution is 2.25. The molecule has 3 rings (SSSR count). The summed E-state index contributed by atoms with van der Waals surface area (Å²) in [5.74, 6) is 0.811. The van der Waals surface area contributed by atoms with Crippen LogP contribution in [0, 0.1) is 0 Å². The normalized spacial score (nSPS) is 10.8. The second-order valence-electron chi connectivity index (χ2n) is 4.94. The fourth-order valence-electron chi connectivity index (χ4n) is 2.18. The molecule has 23 heavy (non-hydrogen) atoms. The predicted molar refractivity (Wildman–Crippen MR) is 95.0 cm³/mol. The SMILES string of the molecule is OCCOc1ccccc1CNCc1csc(-c2ccsc2)n1. The molecule has 120 valence electrons. The van der Waals surface area contributed by atoms with Crippen molar-refractivity contribution >= 4 is 22.7 Å². The van der Waals surface area contributed by atoms with Crippen molar-refractivity contribution in [1.82, 2.24) is 10.3 Å². The summed E-state index contributed by atoms with van der Waals surface area (Å²) in [6.07, 6.45) is 0. The molecule has 3 aromatic rings. The van der Waals surface area contributed by atoms with Crippen LogP contribution in [0.1, 0.15) is 11.3 Å². The van der Waals surface area contributed by atoms with Crippen molar-refractivity contribution < 1.29 is 9.84 Å². The second-order valence-corrected chi connectivity index (χ2v) is 6.58. The van der Waals surface area contributed by atoms with E-state index in [0.717, 1.165) is 28.6 Å². The zero-order valence-corrected chi connectivity index (χ0v) is 14.2. The van der Waals surface area contributed by atoms with Crippen LogP contribution in [0.3, 0.4) is 0 Å². The fourth-order valence-corrected chi connectivity index (χ4v) is 3.71. The molecule has 0 radical (unpaired) electrons. The van der Waals surface area contributed by atoms with Gasteiger partial charge in [0.05, 0.1) is 12.3 Å². The van der Waals surface area contributed by atoms with Gasteiger partial charge < -0.3 is 15.2 Å². The molecule has 2 aromatic heterocycles. The number of nitrogens with one attached hydrogen (secondary N) is 1. The van der Waals surface area contributed by atoms with Crippen molar-refractivity contribution in [3.63, 3.8) is 0 Å². The molecule has 0 aliphatic rings. The van der Waals surface area contributed by atoms with Crippen molar-refractivity contribution in [2.45, 2.75) is 13.1 Å². The zero-order valence-electron chi connectivity index (χ0n) is 12.6. The number of rotatable bonds is 8. The largest absolute Gasteiger partial charge is 0.491 e. The number of aliphatic hydroxyl groups excluding tert-OH is 1. The van der Waals surface area contributed by atoms with Gasteiger partial charge in [-0.05, 0) is 17.5 Å². The molecular formula is C17H18N2O2S2. The summed E-state index contributed by atoms with van der Waals surface area (Å²) in [6.45, 7) is 1.75. The highest BCUT2D eigenvalue weighted by atomic mass is 32.1. The summed E-state index contributed by atoms with van der Waals surface area (Å²) in [5, 5.41) is 19.6. The van der Waals surface area contributed by atoms with E-state index >= 15 is 0 Å². The number of aromatic nitrogens is 1. The Balaban J connectivity index is 1.56. The van der Waals surface area contributed by atoms with Gasteiger partial charge in [-0.15, -0.1) is 11.3 Å². The van der Waals surface area contributed by atoms with Gasteiger partial charge in [0, 0.05) is 35.0 Å². The monoisotopic (exact) mass is 346 g/mol. The van der Waals surface area contributed by atoms with Gasteiger partial charge in [0.25, 0.3) is 0 Å². The summed E-state index contributed by atoms with van der Waals surface area (Å²) < 4.78 is 5.54. The van der Waals surface area contributed by atoms with Crippen molar-refractivity contribution in [3.8, 4) is 16.3 Å². The Kier molecular flexibility index (Phi) is 5.76. The molecule has 0 atom stereocenters. The van der Waals surface area contributed by atoms with E-state index in [1.54, 1.807) is 22.7 Å². The average molecular weight is 346 g/mol. The Labute approximate surface area is 143 Å². The molecule has 0 spiro atoms. The Hall–Kier alpha value is -1.73. The zero-order chi connectivity index (χ0) is 15.9. The van der Waals surface area contributed by atoms with Crippen LogP contribution in [0.4, 0.5) is 0 Å². The fraction of sp³-hybridized carbons (Fsp3) is 0.235. The topological polar surface area (TPSA) is 54.4 Å². The number of para-hydroxylation sites is 1. The maximum Gasteiger partial charge on any atom is 0.124 e. The first-order chi connectivity index (χ1) is 11.4. The number of hydrogen-bond acceptors (Lipinski definition) is 6. The molecule has 4 nitrogen and oxygen atoms in total. The van der Waals surface area contributed by atoms with E-state index in [-0.39, 0.29) is 6.61 Å². The van der Waals surface area contributed by atoms with Crippen LogP contribution < -0.4 is 10.1 Å². The molecular weight excluding hydrogens is 328 g/mol. The van der Waals surface area contributed by atoms with E-state index in [2.05, 4.69) is 32.5 Å². The third-order valence-corrected chi connectivity index (χ3v) is 4.89. The summed E-state index contributed by atoms with van der Waals surface area (Å²) in [6, 6.07) is 9.96. The van der Waals surface area contributed by atoms with Crippen LogP contribution in [0.25, 0.3) is 10.6 Å². The lowest BCUT2D eigenvalue weighted by atomic mass is 10.2. The first-order valence-corrected chi connectivity index (χ1v) is 9.18. The summed E-state index contributed by atoms with van der Waals surface area (Å²) in [5.41, 5.74) is 3.31. The Morgan fingerprint density at radius 2 is 2.04 bits per heavy atom. The molecule has 2 heterocycles. The molecule has 0 saturated heterocycles. The van der Waals surface area contributed by atoms with Crippen LogP contribution in [-0.2, 0) is 13.1 Å². The third kappa shape index (κ3) is 4.39. The van der Waals surface area contributed by atoms with Gasteiger partial charge in [-0.25, -0.2) is 4.98 Å². The molecule has 0 aliphatic carbocycles. The number of nitrogens with zero attached hydrogens (tertiary/aromatic N) is 1. The third-order valence-electron chi connectivity index (χ3n) is 3.26. The van der Waals surface area contributed by atoms with Gasteiger partial charge in [-0.3, -0.25) is 0 Å². The standard InChI is InChI=1S/C17H18N2O2S2/c20-6-7-21-16-4-2-1-3-13(16)9-18-10-15-12-23-17(19-15)14-5-8-22-11-14/h1-5,8,11-12,18,20H,6-7,9-10H2. The van der Waals surface area contributed by atoms with Gasteiger partial charge in [0.1, 0.15) is 17.4 Å². The molecule has 0 bridgehead atoms. The number of aliphatic hydroxyl groups is 1. The second kappa shape index (κ2) is 8.21. The minimum Gasteiger partial charge on any atom is -0.491 e. The van der Waals surface area contributed by atoms with Crippen LogP contribution in [0.15, 0.2) is 46.5 Å². The van der Waals surface area contributed by atoms with E-state index in [9.17, 15) is 0 Å². The smallest absolute Gasteiger partial charge is 0.124 e. The van der Waals surface area contributed by atoms with Crippen LogP contribution in [0.2, 0.25) is 0 Å². The van der Waals surface area contributed by atoms with Gasteiger partial charge in [-0.1, -0.05) is 18.2 Å². The van der Waals surface area contributed by atoms with E-state index in [4.69, 9.17) is 9.84 Å². The lowest BCUT2D eigenvalue weighted by molar-refractivity contribution is 0.200. The Morgan fingerprint density at radius 3 is 2.87 bits per heavy atom. The highest BCUT2D eigenvalue weighted by Gasteiger charge is 2.06. The van der Waals surface area contributed by atoms with Crippen molar-refractivity contribution in [2.75, 3.05) is 13.2 Å². The number of ether oxygens (including phenoxy) is 1. The highest BCUT2D eigenvalue weighted by molar-refractivity contribution is 7.14. The summed E-state index contributed by atoms with van der Waals surface area (Å²) >= 11 is 3.36. The minimum atomic E-state index is 0.0198. The van der Waals surface area contributed by atoms with Crippen molar-refractivity contribution in [3.05, 3.63) is 57.7 Å². The van der Waals surface area contributed by atoms with Gasteiger partial charge in [0.15, 0.2) is 0 Å². The Morgan fingerprint density at radius 1 is 1.13 bits per heavy atom. The number of thiazole rings is 1. The van der Waals surface area contributed by atoms with E-state index in [0.29, 0.717) is 13.2 Å². The minimum absolute atomic E-state index is 0.0198. The maximum atomic E-state index is 8.88. The van der Waals surface area contributed by atoms with Crippen LogP contribution >= 0.6 is 22.7 Å². The quantitative estimate of drug-likeness (QED) is 0.655. The van der Waals surface area contributed by atoms with Crippen molar-refractivity contribution in [2.24, 2.45) is 0 Å². The molecule has 0 amide bonds. The van der Waals surface area contributed by atoms with Gasteiger partial charge in [0.2, 0.25) is 0 Å². The predicted octanol–water partition coefficient (Wildman–Crippen LogP) is 3.53. The molecule has 0 unspecified atom stereocenters. The summed E-state index contributed by atoms with van der Waals surface area (Å²) in [7, 11) is 0. The first-order valence-electron chi connectivity index (χ1n) is 7.36. The Bertz CT molecular complexity index is 726. The molecule has 1 aromatic carbocycles. The number of benzene rings is 1. The summed E-state index contributed by atoms with van der Waals surface area (Å²) in [4.78, 5) is 4.65. The molecule has 6 heteroatoms.